The molecule has 2 rings (SSSR count). The zero-order valence-corrected chi connectivity index (χ0v) is 20.2. The highest BCUT2D eigenvalue weighted by Gasteiger charge is 2.31. The predicted molar refractivity (Wildman–Crippen MR) is 127 cm³/mol. The van der Waals surface area contributed by atoms with E-state index >= 15 is 0 Å². The van der Waals surface area contributed by atoms with E-state index in [0.29, 0.717) is 24.4 Å². The van der Waals surface area contributed by atoms with Crippen molar-refractivity contribution in [1.29, 1.82) is 0 Å². The van der Waals surface area contributed by atoms with Crippen molar-refractivity contribution in [2.45, 2.75) is 51.7 Å². The van der Waals surface area contributed by atoms with Gasteiger partial charge in [-0.25, -0.2) is 9.59 Å². The first-order chi connectivity index (χ1) is 15.0. The number of carboxylic acids is 1. The maximum Gasteiger partial charge on any atom is 0.347 e. The molecule has 3 amide bonds. The molecule has 0 spiro atoms. The second kappa shape index (κ2) is 10.5. The van der Waals surface area contributed by atoms with Gasteiger partial charge in [0, 0.05) is 17.1 Å². The quantitative estimate of drug-likeness (QED) is 0.426. The van der Waals surface area contributed by atoms with Crippen LogP contribution in [-0.4, -0.2) is 46.8 Å². The summed E-state index contributed by atoms with van der Waals surface area (Å²) < 4.78 is 5.73. The largest absolute Gasteiger partial charge is 0.478 e. The van der Waals surface area contributed by atoms with Gasteiger partial charge in [-0.1, -0.05) is 12.1 Å². The molecule has 32 heavy (non-hydrogen) atoms. The number of carboxylic acid groups (broad SMARTS) is 1. The molecule has 0 bridgehead atoms. The van der Waals surface area contributed by atoms with Gasteiger partial charge in [0.05, 0.1) is 6.54 Å². The molecule has 0 unspecified atom stereocenters. The summed E-state index contributed by atoms with van der Waals surface area (Å²) in [5.74, 6) is -0.586. The SMILES string of the molecule is CCN(C(=O)N(C=O)Cc1cc(C)c(OC(C)(C)C(=O)O)c(C)c1)c1ccc(SC)cc1. The lowest BCUT2D eigenvalue weighted by Gasteiger charge is -2.27. The maximum absolute atomic E-state index is 13.1. The number of hydrogen-bond acceptors (Lipinski definition) is 5. The van der Waals surface area contributed by atoms with Crippen molar-refractivity contribution in [1.82, 2.24) is 4.90 Å². The lowest BCUT2D eigenvalue weighted by molar-refractivity contribution is -0.152. The number of amides is 3. The molecule has 2 aromatic rings. The van der Waals surface area contributed by atoms with Gasteiger partial charge < -0.3 is 9.84 Å². The third-order valence-corrected chi connectivity index (χ3v) is 5.79. The number of ether oxygens (including phenoxy) is 1. The number of urea groups is 1. The molecule has 0 aliphatic heterocycles. The Morgan fingerprint density at radius 3 is 2.12 bits per heavy atom. The number of rotatable bonds is 9. The summed E-state index contributed by atoms with van der Waals surface area (Å²) >= 11 is 1.61. The van der Waals surface area contributed by atoms with Gasteiger partial charge >= 0.3 is 12.0 Å². The van der Waals surface area contributed by atoms with Crippen molar-refractivity contribution >= 4 is 35.9 Å². The van der Waals surface area contributed by atoms with E-state index in [2.05, 4.69) is 0 Å². The van der Waals surface area contributed by atoms with Crippen molar-refractivity contribution in [2.24, 2.45) is 0 Å². The minimum atomic E-state index is -1.38. The Labute approximate surface area is 193 Å². The first-order valence-corrected chi connectivity index (χ1v) is 11.5. The summed E-state index contributed by atoms with van der Waals surface area (Å²) in [6.45, 7) is 8.95. The molecule has 0 aliphatic rings. The van der Waals surface area contributed by atoms with E-state index in [1.165, 1.54) is 13.8 Å². The van der Waals surface area contributed by atoms with Gasteiger partial charge in [-0.15, -0.1) is 11.8 Å². The topological polar surface area (TPSA) is 87.2 Å². The summed E-state index contributed by atoms with van der Waals surface area (Å²) in [7, 11) is 0. The van der Waals surface area contributed by atoms with Crippen LogP contribution in [0.1, 0.15) is 37.5 Å². The number of anilines is 1. The van der Waals surface area contributed by atoms with Gasteiger partial charge in [-0.3, -0.25) is 14.6 Å². The third-order valence-electron chi connectivity index (χ3n) is 5.05. The molecule has 0 fully saturated rings. The van der Waals surface area contributed by atoms with Gasteiger partial charge in [-0.05, 0) is 81.8 Å². The highest BCUT2D eigenvalue weighted by atomic mass is 32.2. The molecule has 0 aliphatic carbocycles. The fraction of sp³-hybridized carbons (Fsp3) is 0.375. The second-order valence-corrected chi connectivity index (χ2v) is 8.81. The smallest absolute Gasteiger partial charge is 0.347 e. The molecule has 7 nitrogen and oxygen atoms in total. The predicted octanol–water partition coefficient (Wildman–Crippen LogP) is 4.87. The lowest BCUT2D eigenvalue weighted by Crippen LogP contribution is -2.42. The number of imide groups is 1. The van der Waals surface area contributed by atoms with Crippen molar-refractivity contribution in [3.63, 3.8) is 0 Å². The van der Waals surface area contributed by atoms with Crippen molar-refractivity contribution in [3.8, 4) is 5.75 Å². The Morgan fingerprint density at radius 1 is 1.12 bits per heavy atom. The Kier molecular flexibility index (Phi) is 8.32. The fourth-order valence-electron chi connectivity index (χ4n) is 3.28. The van der Waals surface area contributed by atoms with E-state index < -0.39 is 17.6 Å². The summed E-state index contributed by atoms with van der Waals surface area (Å²) in [5, 5.41) is 9.34. The van der Waals surface area contributed by atoms with Crippen LogP contribution in [0.5, 0.6) is 5.75 Å². The van der Waals surface area contributed by atoms with Crippen LogP contribution in [0.3, 0.4) is 0 Å². The monoisotopic (exact) mass is 458 g/mol. The average Bonchev–Trinajstić information content (AvgIpc) is 2.75. The van der Waals surface area contributed by atoms with Gasteiger partial charge in [0.15, 0.2) is 5.60 Å². The highest BCUT2D eigenvalue weighted by molar-refractivity contribution is 7.98. The number of hydrogen-bond donors (Lipinski definition) is 1. The Hall–Kier alpha value is -3.00. The van der Waals surface area contributed by atoms with Crippen LogP contribution in [-0.2, 0) is 16.1 Å². The van der Waals surface area contributed by atoms with Crippen LogP contribution < -0.4 is 9.64 Å². The number of carbonyl (C=O) groups is 3. The van der Waals surface area contributed by atoms with E-state index in [4.69, 9.17) is 4.74 Å². The minimum absolute atomic E-state index is 0.0893. The van der Waals surface area contributed by atoms with Gasteiger partial charge in [0.1, 0.15) is 5.75 Å². The summed E-state index contributed by atoms with van der Waals surface area (Å²) in [5.41, 5.74) is 1.54. The van der Waals surface area contributed by atoms with Crippen LogP contribution in [0.2, 0.25) is 0 Å². The van der Waals surface area contributed by atoms with Crippen molar-refractivity contribution in [3.05, 3.63) is 53.1 Å². The Morgan fingerprint density at radius 2 is 1.69 bits per heavy atom. The molecule has 0 heterocycles. The standard InChI is InChI=1S/C24H30N2O5S/c1-7-26(19-8-10-20(32-6)11-9-19)23(30)25(15-27)14-18-12-16(2)21(17(3)13-18)31-24(4,5)22(28)29/h8-13,15H,7,14H2,1-6H3,(H,28,29). The van der Waals surface area contributed by atoms with E-state index in [1.807, 2.05) is 51.3 Å². The molecular formula is C24H30N2O5S. The average molecular weight is 459 g/mol. The zero-order valence-electron chi connectivity index (χ0n) is 19.3. The highest BCUT2D eigenvalue weighted by Crippen LogP contribution is 2.29. The van der Waals surface area contributed by atoms with Gasteiger partial charge in [-0.2, -0.15) is 0 Å². The van der Waals surface area contributed by atoms with Crippen molar-refractivity contribution < 1.29 is 24.2 Å². The fourth-order valence-corrected chi connectivity index (χ4v) is 3.69. The number of thioether (sulfide) groups is 1. The van der Waals surface area contributed by atoms with Gasteiger partial charge in [0.25, 0.3) is 0 Å². The van der Waals surface area contributed by atoms with E-state index in [-0.39, 0.29) is 6.54 Å². The molecule has 0 saturated heterocycles. The molecule has 0 atom stereocenters. The molecule has 0 radical (unpaired) electrons. The molecule has 0 aromatic heterocycles. The summed E-state index contributed by atoms with van der Waals surface area (Å²) in [4.78, 5) is 40.0. The molecule has 2 aromatic carbocycles. The lowest BCUT2D eigenvalue weighted by atomic mass is 10.0. The summed E-state index contributed by atoms with van der Waals surface area (Å²) in [6, 6.07) is 10.8. The van der Waals surface area contributed by atoms with Crippen LogP contribution in [0.25, 0.3) is 0 Å². The van der Waals surface area contributed by atoms with Crippen molar-refractivity contribution in [2.75, 3.05) is 17.7 Å². The van der Waals surface area contributed by atoms with E-state index in [0.717, 1.165) is 26.5 Å². The molecule has 0 saturated carbocycles. The van der Waals surface area contributed by atoms with E-state index in [9.17, 15) is 19.5 Å². The first kappa shape index (κ1) is 25.3. The van der Waals surface area contributed by atoms with Gasteiger partial charge in [0.2, 0.25) is 6.41 Å². The molecular weight excluding hydrogens is 428 g/mol. The maximum atomic E-state index is 13.1. The zero-order chi connectivity index (χ0) is 24.1. The second-order valence-electron chi connectivity index (χ2n) is 7.93. The molecule has 8 heteroatoms. The number of carbonyl (C=O) groups excluding carboxylic acids is 2. The Balaban J connectivity index is 2.26. The van der Waals surface area contributed by atoms with E-state index in [1.54, 1.807) is 28.8 Å². The number of nitrogens with zero attached hydrogens (tertiary/aromatic N) is 2. The molecule has 172 valence electrons. The van der Waals surface area contributed by atoms with Crippen LogP contribution in [0.15, 0.2) is 41.3 Å². The number of benzene rings is 2. The third kappa shape index (κ3) is 5.82. The molecule has 1 N–H and O–H groups in total. The Bertz CT molecular complexity index is 965. The van der Waals surface area contributed by atoms with Crippen LogP contribution >= 0.6 is 11.8 Å². The number of aryl methyl sites for hydroxylation is 2. The summed E-state index contributed by atoms with van der Waals surface area (Å²) in [6.07, 6.45) is 2.51. The first-order valence-electron chi connectivity index (χ1n) is 10.2. The number of aliphatic carboxylic acids is 1. The minimum Gasteiger partial charge on any atom is -0.478 e. The van der Waals surface area contributed by atoms with Crippen LogP contribution in [0.4, 0.5) is 10.5 Å². The van der Waals surface area contributed by atoms with Crippen LogP contribution in [0, 0.1) is 13.8 Å². The normalized spacial score (nSPS) is 11.1.